The molecule has 0 spiro atoms. The third-order valence-corrected chi connectivity index (χ3v) is 6.33. The van der Waals surface area contributed by atoms with E-state index in [9.17, 15) is 4.79 Å². The predicted octanol–water partition coefficient (Wildman–Crippen LogP) is 2.35. The van der Waals surface area contributed by atoms with Gasteiger partial charge in [0.05, 0.1) is 25.4 Å². The number of hydrazone groups is 1. The zero-order valence-corrected chi connectivity index (χ0v) is 18.5. The number of amides is 1. The topological polar surface area (TPSA) is 66.8 Å². The summed E-state index contributed by atoms with van der Waals surface area (Å²) in [6, 6.07) is 13.5. The fraction of sp³-hybridized carbons (Fsp3) is 0.417. The van der Waals surface area contributed by atoms with Crippen LogP contribution in [0.5, 0.6) is 17.2 Å². The number of hydrogen-bond acceptors (Lipinski definition) is 7. The van der Waals surface area contributed by atoms with Crippen LogP contribution in [0.15, 0.2) is 47.6 Å². The molecule has 8 nitrogen and oxygen atoms in total. The minimum Gasteiger partial charge on any atom is -0.497 e. The Balaban J connectivity index is 1.41. The molecule has 168 valence electrons. The van der Waals surface area contributed by atoms with Crippen molar-refractivity contribution in [2.24, 2.45) is 5.10 Å². The predicted molar refractivity (Wildman–Crippen MR) is 120 cm³/mol. The molecule has 2 aromatic rings. The Labute approximate surface area is 187 Å². The molecule has 0 N–H and O–H groups in total. The fourth-order valence-corrected chi connectivity index (χ4v) is 4.35. The second-order valence-electron chi connectivity index (χ2n) is 8.43. The second kappa shape index (κ2) is 8.80. The normalized spacial score (nSPS) is 21.0. The van der Waals surface area contributed by atoms with Crippen LogP contribution in [0.2, 0.25) is 0 Å². The van der Waals surface area contributed by atoms with Crippen molar-refractivity contribution < 1.29 is 19.0 Å². The molecule has 3 aliphatic heterocycles. The van der Waals surface area contributed by atoms with Gasteiger partial charge < -0.3 is 19.1 Å². The lowest BCUT2D eigenvalue weighted by molar-refractivity contribution is -0.134. The summed E-state index contributed by atoms with van der Waals surface area (Å²) < 4.78 is 16.3. The Morgan fingerprint density at radius 2 is 1.81 bits per heavy atom. The van der Waals surface area contributed by atoms with Gasteiger partial charge in [-0.1, -0.05) is 6.07 Å². The molecule has 5 rings (SSSR count). The van der Waals surface area contributed by atoms with E-state index in [2.05, 4.69) is 16.8 Å². The molecule has 3 aliphatic rings. The highest BCUT2D eigenvalue weighted by Gasteiger charge is 2.35. The van der Waals surface area contributed by atoms with E-state index in [0.29, 0.717) is 18.7 Å². The van der Waals surface area contributed by atoms with Gasteiger partial charge in [-0.15, -0.1) is 0 Å². The number of methoxy groups -OCH3 is 1. The molecule has 0 radical (unpaired) electrons. The minimum atomic E-state index is -0.179. The molecular formula is C24H28N4O4. The number of ether oxygens (including phenoxy) is 3. The third-order valence-electron chi connectivity index (χ3n) is 6.33. The lowest BCUT2D eigenvalue weighted by Gasteiger charge is -2.33. The van der Waals surface area contributed by atoms with E-state index >= 15 is 0 Å². The Morgan fingerprint density at radius 3 is 2.56 bits per heavy atom. The highest BCUT2D eigenvalue weighted by Crippen LogP contribution is 2.39. The fourth-order valence-electron chi connectivity index (χ4n) is 4.35. The molecule has 1 amide bonds. The van der Waals surface area contributed by atoms with Gasteiger partial charge in [0.25, 0.3) is 5.91 Å². The summed E-state index contributed by atoms with van der Waals surface area (Å²) in [5.41, 5.74) is 2.88. The number of likely N-dealkylation sites (N-methyl/N-ethyl adjacent to an activating group) is 1. The summed E-state index contributed by atoms with van der Waals surface area (Å²) in [4.78, 5) is 17.9. The SMILES string of the molecule is COc1ccc(C2=NN(C(=O)CN3CCN(C)CC3)[C@@H](c3ccc4c(c3)OCO4)C2)cc1. The monoisotopic (exact) mass is 436 g/mol. The zero-order valence-electron chi connectivity index (χ0n) is 18.5. The first-order chi connectivity index (χ1) is 15.6. The molecule has 0 saturated carbocycles. The Morgan fingerprint density at radius 1 is 1.06 bits per heavy atom. The smallest absolute Gasteiger partial charge is 0.257 e. The summed E-state index contributed by atoms with van der Waals surface area (Å²) in [6.07, 6.45) is 0.639. The van der Waals surface area contributed by atoms with Crippen LogP contribution in [0.3, 0.4) is 0 Å². The molecule has 8 heteroatoms. The summed E-state index contributed by atoms with van der Waals surface area (Å²) in [5, 5.41) is 6.46. The molecule has 0 bridgehead atoms. The molecular weight excluding hydrogens is 408 g/mol. The molecule has 1 saturated heterocycles. The third kappa shape index (κ3) is 4.16. The van der Waals surface area contributed by atoms with Gasteiger partial charge in [-0.3, -0.25) is 9.69 Å². The summed E-state index contributed by atoms with van der Waals surface area (Å²) in [6.45, 7) is 4.31. The van der Waals surface area contributed by atoms with Crippen LogP contribution in [0.1, 0.15) is 23.6 Å². The van der Waals surface area contributed by atoms with Crippen molar-refractivity contribution >= 4 is 11.6 Å². The van der Waals surface area contributed by atoms with E-state index < -0.39 is 0 Å². The van der Waals surface area contributed by atoms with E-state index in [1.165, 1.54) is 0 Å². The van der Waals surface area contributed by atoms with Gasteiger partial charge in [0, 0.05) is 32.6 Å². The van der Waals surface area contributed by atoms with Gasteiger partial charge in [0.1, 0.15) is 5.75 Å². The Kier molecular flexibility index (Phi) is 5.71. The highest BCUT2D eigenvalue weighted by molar-refractivity contribution is 6.03. The Bertz CT molecular complexity index is 1020. The van der Waals surface area contributed by atoms with Gasteiger partial charge in [-0.05, 0) is 54.6 Å². The van der Waals surface area contributed by atoms with Crippen LogP contribution >= 0.6 is 0 Å². The number of piperazine rings is 1. The zero-order chi connectivity index (χ0) is 22.1. The number of rotatable bonds is 5. The van der Waals surface area contributed by atoms with E-state index in [1.54, 1.807) is 12.1 Å². The van der Waals surface area contributed by atoms with Gasteiger partial charge in [-0.25, -0.2) is 5.01 Å². The van der Waals surface area contributed by atoms with Gasteiger partial charge in [-0.2, -0.15) is 5.10 Å². The first kappa shape index (κ1) is 20.8. The largest absolute Gasteiger partial charge is 0.497 e. The maximum absolute atomic E-state index is 13.4. The molecule has 3 heterocycles. The van der Waals surface area contributed by atoms with E-state index in [0.717, 1.165) is 54.5 Å². The summed E-state index contributed by atoms with van der Waals surface area (Å²) >= 11 is 0. The van der Waals surface area contributed by atoms with Crippen molar-refractivity contribution in [3.63, 3.8) is 0 Å². The molecule has 2 aromatic carbocycles. The van der Waals surface area contributed by atoms with Crippen molar-refractivity contribution in [2.75, 3.05) is 53.7 Å². The van der Waals surface area contributed by atoms with Crippen LogP contribution in [0.4, 0.5) is 0 Å². The number of carbonyl (C=O) groups is 1. The van der Waals surface area contributed by atoms with Gasteiger partial charge in [0.2, 0.25) is 6.79 Å². The summed E-state index contributed by atoms with van der Waals surface area (Å²) in [7, 11) is 3.76. The number of fused-ring (bicyclic) bond motifs is 1. The molecule has 0 unspecified atom stereocenters. The van der Waals surface area contributed by atoms with Crippen molar-refractivity contribution in [1.82, 2.24) is 14.8 Å². The van der Waals surface area contributed by atoms with Gasteiger partial charge >= 0.3 is 0 Å². The minimum absolute atomic E-state index is 0.0146. The first-order valence-electron chi connectivity index (χ1n) is 10.9. The Hall–Kier alpha value is -3.10. The average molecular weight is 437 g/mol. The molecule has 32 heavy (non-hydrogen) atoms. The highest BCUT2D eigenvalue weighted by atomic mass is 16.7. The van der Waals surface area contributed by atoms with Gasteiger partial charge in [0.15, 0.2) is 11.5 Å². The maximum Gasteiger partial charge on any atom is 0.257 e. The standard InChI is InChI=1S/C24H28N4O4/c1-26-9-11-27(12-10-26)15-24(29)28-21(18-5-8-22-23(13-18)32-16-31-22)14-20(25-28)17-3-6-19(30-2)7-4-17/h3-8,13,21H,9-12,14-16H2,1-2H3/t21-/m1/s1. The maximum atomic E-state index is 13.4. The number of carbonyl (C=O) groups excluding carboxylic acids is 1. The number of benzene rings is 2. The van der Waals surface area contributed by atoms with E-state index in [1.807, 2.05) is 42.5 Å². The van der Waals surface area contributed by atoms with Crippen LogP contribution in [-0.2, 0) is 4.79 Å². The summed E-state index contributed by atoms with van der Waals surface area (Å²) in [5.74, 6) is 2.26. The lowest BCUT2D eigenvalue weighted by Crippen LogP contribution is -2.48. The van der Waals surface area contributed by atoms with Crippen LogP contribution < -0.4 is 14.2 Å². The van der Waals surface area contributed by atoms with Crippen LogP contribution in [0.25, 0.3) is 0 Å². The molecule has 0 aromatic heterocycles. The average Bonchev–Trinajstić information content (AvgIpc) is 3.47. The molecule has 1 fully saturated rings. The quantitative estimate of drug-likeness (QED) is 0.717. The van der Waals surface area contributed by atoms with Crippen molar-refractivity contribution in [3.05, 3.63) is 53.6 Å². The molecule has 0 aliphatic carbocycles. The van der Waals surface area contributed by atoms with Crippen molar-refractivity contribution in [1.29, 1.82) is 0 Å². The van der Waals surface area contributed by atoms with Crippen molar-refractivity contribution in [2.45, 2.75) is 12.5 Å². The van der Waals surface area contributed by atoms with Crippen LogP contribution in [-0.4, -0.2) is 80.1 Å². The molecule has 1 atom stereocenters. The number of nitrogens with zero attached hydrogens (tertiary/aromatic N) is 4. The van der Waals surface area contributed by atoms with Crippen LogP contribution in [0, 0.1) is 0 Å². The lowest BCUT2D eigenvalue weighted by atomic mass is 9.98. The first-order valence-corrected chi connectivity index (χ1v) is 10.9. The number of hydrogen-bond donors (Lipinski definition) is 0. The van der Waals surface area contributed by atoms with E-state index in [4.69, 9.17) is 19.3 Å². The second-order valence-corrected chi connectivity index (χ2v) is 8.43. The van der Waals surface area contributed by atoms with Crippen molar-refractivity contribution in [3.8, 4) is 17.2 Å². The van der Waals surface area contributed by atoms with E-state index in [-0.39, 0.29) is 18.7 Å².